The number of rotatable bonds is 0. The summed E-state index contributed by atoms with van der Waals surface area (Å²) < 4.78 is 11.8. The van der Waals surface area contributed by atoms with E-state index in [1.54, 1.807) is 0 Å². The van der Waals surface area contributed by atoms with Gasteiger partial charge in [-0.1, -0.05) is 93.6 Å². The van der Waals surface area contributed by atoms with Gasteiger partial charge in [-0.15, -0.1) is 0 Å². The van der Waals surface area contributed by atoms with Crippen LogP contribution in [-0.2, 0) is 5.41 Å². The lowest BCUT2D eigenvalue weighted by Crippen LogP contribution is -2.58. The van der Waals surface area contributed by atoms with Crippen molar-refractivity contribution < 1.29 is 4.74 Å². The molecule has 4 heteroatoms. The molecule has 5 heterocycles. The van der Waals surface area contributed by atoms with Crippen molar-refractivity contribution in [3.8, 4) is 17.2 Å². The van der Waals surface area contributed by atoms with Crippen LogP contribution in [0.15, 0.2) is 109 Å². The molecule has 0 atom stereocenters. The van der Waals surface area contributed by atoms with E-state index in [-0.39, 0.29) is 12.1 Å². The summed E-state index contributed by atoms with van der Waals surface area (Å²) in [6.45, 7) is 7.01. The fourth-order valence-corrected chi connectivity index (χ4v) is 8.51. The summed E-state index contributed by atoms with van der Waals surface area (Å²) in [4.78, 5) is 0. The van der Waals surface area contributed by atoms with Crippen LogP contribution in [0.5, 0.6) is 11.5 Å². The van der Waals surface area contributed by atoms with E-state index in [2.05, 4.69) is 139 Å². The summed E-state index contributed by atoms with van der Waals surface area (Å²) >= 11 is 0. The molecule has 0 saturated heterocycles. The summed E-state index contributed by atoms with van der Waals surface area (Å²) in [5.41, 5.74) is 12.8. The Hall–Kier alpha value is -5.22. The summed E-state index contributed by atoms with van der Waals surface area (Å²) in [6, 6.07) is 40.7. The first-order valence-electron chi connectivity index (χ1n) is 15.6. The minimum absolute atomic E-state index is 0.0288. The molecule has 0 unspecified atom stereocenters. The Morgan fingerprint density at radius 3 is 2.09 bits per heavy atom. The number of fused-ring (bicyclic) bond motifs is 13. The normalized spacial score (nSPS) is 13.9. The van der Waals surface area contributed by atoms with Gasteiger partial charge in [0, 0.05) is 43.5 Å². The molecule has 44 heavy (non-hydrogen) atoms. The minimum Gasteiger partial charge on any atom is -0.458 e. The summed E-state index contributed by atoms with van der Waals surface area (Å²) in [5.74, 6) is 1.94. The number of benzene rings is 6. The standard InChI is InChI=1S/C40H27BN2O/c1-40(2,3)22-18-34-37-36(19-22)44-35-17-7-5-14-29(35)41(37)30-15-9-13-26-28-20-27-25-12-8-11-24-23-10-4-6-16-31(23)42(38(24)25)32(27)21-33(28)43(34)39(26)30/h4-21H,1-3H3. The summed E-state index contributed by atoms with van der Waals surface area (Å²) in [6.07, 6.45) is 0. The van der Waals surface area contributed by atoms with Gasteiger partial charge >= 0.3 is 0 Å². The highest BCUT2D eigenvalue weighted by Crippen LogP contribution is 2.44. The zero-order valence-electron chi connectivity index (χ0n) is 24.8. The fourth-order valence-electron chi connectivity index (χ4n) is 8.51. The van der Waals surface area contributed by atoms with Crippen molar-refractivity contribution in [1.29, 1.82) is 0 Å². The molecule has 0 radical (unpaired) electrons. The Kier molecular flexibility index (Phi) is 3.94. The Bertz CT molecular complexity index is 2740. The van der Waals surface area contributed by atoms with Crippen molar-refractivity contribution in [2.75, 3.05) is 0 Å². The van der Waals surface area contributed by atoms with E-state index in [0.717, 1.165) is 11.5 Å². The van der Waals surface area contributed by atoms with Gasteiger partial charge in [0.15, 0.2) is 0 Å². The molecular formula is C40H27BN2O. The van der Waals surface area contributed by atoms with Crippen molar-refractivity contribution >= 4 is 83.0 Å². The SMILES string of the molecule is CC(C)(C)c1cc2c3c(c1)-n1c4cc5c(cc4c4cccc(c41)B3c1ccccc1O2)c1cccc2c3ccccc3n5c21. The van der Waals surface area contributed by atoms with Crippen LogP contribution in [0, 0.1) is 0 Å². The quantitative estimate of drug-likeness (QED) is 0.171. The Balaban J connectivity index is 1.37. The van der Waals surface area contributed by atoms with Crippen molar-refractivity contribution in [3.05, 3.63) is 115 Å². The Morgan fingerprint density at radius 1 is 0.545 bits per heavy atom. The molecule has 0 N–H and O–H groups in total. The molecule has 3 aromatic heterocycles. The van der Waals surface area contributed by atoms with Crippen LogP contribution in [0.25, 0.3) is 65.6 Å². The van der Waals surface area contributed by atoms with E-state index in [4.69, 9.17) is 4.74 Å². The third-order valence-corrected chi connectivity index (χ3v) is 10.4. The van der Waals surface area contributed by atoms with E-state index >= 15 is 0 Å². The lowest BCUT2D eigenvalue weighted by Gasteiger charge is -2.35. The molecule has 0 amide bonds. The maximum absolute atomic E-state index is 6.73. The summed E-state index contributed by atoms with van der Waals surface area (Å²) in [7, 11) is 0. The number of hydrogen-bond donors (Lipinski definition) is 0. The van der Waals surface area contributed by atoms with Crippen molar-refractivity contribution in [1.82, 2.24) is 8.97 Å². The molecule has 2 aliphatic rings. The number of aromatic nitrogens is 2. The second kappa shape index (κ2) is 7.46. The molecule has 0 spiro atoms. The highest BCUT2D eigenvalue weighted by atomic mass is 16.5. The predicted octanol–water partition coefficient (Wildman–Crippen LogP) is 8.17. The Morgan fingerprint density at radius 2 is 1.23 bits per heavy atom. The largest absolute Gasteiger partial charge is 0.458 e. The smallest absolute Gasteiger partial charge is 0.256 e. The average Bonchev–Trinajstić information content (AvgIpc) is 3.67. The molecule has 9 aromatic rings. The first kappa shape index (κ1) is 23.3. The zero-order valence-corrected chi connectivity index (χ0v) is 24.8. The second-order valence-corrected chi connectivity index (χ2v) is 13.7. The van der Waals surface area contributed by atoms with E-state index in [0.29, 0.717) is 0 Å². The van der Waals surface area contributed by atoms with E-state index < -0.39 is 0 Å². The van der Waals surface area contributed by atoms with Gasteiger partial charge in [0.25, 0.3) is 6.71 Å². The van der Waals surface area contributed by atoms with Gasteiger partial charge in [-0.25, -0.2) is 0 Å². The van der Waals surface area contributed by atoms with Crippen LogP contribution in [-0.4, -0.2) is 15.7 Å². The van der Waals surface area contributed by atoms with Crippen LogP contribution in [0.4, 0.5) is 0 Å². The molecular weight excluding hydrogens is 535 g/mol. The van der Waals surface area contributed by atoms with Gasteiger partial charge in [-0.2, -0.15) is 0 Å². The number of nitrogens with zero attached hydrogens (tertiary/aromatic N) is 2. The maximum atomic E-state index is 6.73. The van der Waals surface area contributed by atoms with Crippen LogP contribution in [0.1, 0.15) is 26.3 Å². The molecule has 0 saturated carbocycles. The van der Waals surface area contributed by atoms with E-state index in [1.807, 2.05) is 0 Å². The highest BCUT2D eigenvalue weighted by molar-refractivity contribution is 6.99. The second-order valence-electron chi connectivity index (χ2n) is 13.7. The van der Waals surface area contributed by atoms with Gasteiger partial charge in [0.05, 0.1) is 22.1 Å². The topological polar surface area (TPSA) is 18.6 Å². The molecule has 2 aliphatic heterocycles. The van der Waals surface area contributed by atoms with E-state index in [9.17, 15) is 0 Å². The lowest BCUT2D eigenvalue weighted by atomic mass is 9.34. The predicted molar refractivity (Wildman–Crippen MR) is 185 cm³/mol. The van der Waals surface area contributed by atoms with E-state index in [1.165, 1.54) is 87.5 Å². The van der Waals surface area contributed by atoms with Crippen molar-refractivity contribution in [3.63, 3.8) is 0 Å². The zero-order chi connectivity index (χ0) is 29.1. The minimum atomic E-state index is -0.0288. The first-order chi connectivity index (χ1) is 21.5. The molecule has 3 nitrogen and oxygen atoms in total. The average molecular weight is 562 g/mol. The van der Waals surface area contributed by atoms with Gasteiger partial charge < -0.3 is 13.7 Å². The first-order valence-corrected chi connectivity index (χ1v) is 15.6. The molecule has 0 bridgehead atoms. The van der Waals surface area contributed by atoms with Gasteiger partial charge in [-0.3, -0.25) is 0 Å². The molecule has 206 valence electrons. The van der Waals surface area contributed by atoms with Gasteiger partial charge in [-0.05, 0) is 63.8 Å². The third-order valence-electron chi connectivity index (χ3n) is 10.4. The Labute approximate surface area is 254 Å². The molecule has 0 fully saturated rings. The van der Waals surface area contributed by atoms with Crippen LogP contribution in [0.3, 0.4) is 0 Å². The fraction of sp³-hybridized carbons (Fsp3) is 0.100. The van der Waals surface area contributed by atoms with Crippen molar-refractivity contribution in [2.24, 2.45) is 0 Å². The third kappa shape index (κ3) is 2.59. The highest BCUT2D eigenvalue weighted by Gasteiger charge is 2.41. The van der Waals surface area contributed by atoms with Crippen molar-refractivity contribution in [2.45, 2.75) is 26.2 Å². The molecule has 0 aliphatic carbocycles. The number of ether oxygens (including phenoxy) is 1. The summed E-state index contributed by atoms with van der Waals surface area (Å²) in [5, 5.41) is 7.87. The van der Waals surface area contributed by atoms with Crippen LogP contribution >= 0.6 is 0 Å². The lowest BCUT2D eigenvalue weighted by molar-refractivity contribution is 0.483. The van der Waals surface area contributed by atoms with Crippen LogP contribution in [0.2, 0.25) is 0 Å². The van der Waals surface area contributed by atoms with Crippen LogP contribution < -0.4 is 21.1 Å². The molecule has 6 aromatic carbocycles. The maximum Gasteiger partial charge on any atom is 0.256 e. The molecule has 11 rings (SSSR count). The van der Waals surface area contributed by atoms with Gasteiger partial charge in [0.1, 0.15) is 11.5 Å². The monoisotopic (exact) mass is 562 g/mol. The van der Waals surface area contributed by atoms with Gasteiger partial charge in [0.2, 0.25) is 0 Å². The number of para-hydroxylation sites is 4. The number of hydrogen-bond acceptors (Lipinski definition) is 1.